The van der Waals surface area contributed by atoms with Crippen molar-refractivity contribution in [3.63, 3.8) is 0 Å². The van der Waals surface area contributed by atoms with E-state index in [0.717, 1.165) is 5.56 Å². The van der Waals surface area contributed by atoms with Crippen molar-refractivity contribution < 1.29 is 0 Å². The summed E-state index contributed by atoms with van der Waals surface area (Å²) < 4.78 is 0.708. The molecule has 0 saturated heterocycles. The molecule has 3 N–H and O–H groups in total. The topological polar surface area (TPSA) is 49.9 Å². The average Bonchev–Trinajstić information content (AvgIpc) is 2.17. The molecule has 0 bridgehead atoms. The predicted octanol–water partition coefficient (Wildman–Crippen LogP) is 4.41. The molecule has 0 unspecified atom stereocenters. The summed E-state index contributed by atoms with van der Waals surface area (Å²) in [6, 6.07) is 1.78. The molecule has 1 rings (SSSR count). The number of hydrogen-bond acceptors (Lipinski definition) is 2. The minimum absolute atomic E-state index is 0.409. The van der Waals surface area contributed by atoms with Crippen LogP contribution in [-0.4, -0.2) is 5.71 Å². The van der Waals surface area contributed by atoms with E-state index in [0.29, 0.717) is 26.5 Å². The van der Waals surface area contributed by atoms with Crippen molar-refractivity contribution in [3.8, 4) is 0 Å². The molecule has 0 aromatic heterocycles. The van der Waals surface area contributed by atoms with Crippen molar-refractivity contribution in [3.05, 3.63) is 26.7 Å². The first kappa shape index (κ1) is 14.5. The summed E-state index contributed by atoms with van der Waals surface area (Å²) in [7, 11) is 0. The molecule has 84 valence electrons. The molecule has 4 heteroatoms. The Morgan fingerprint density at radius 2 is 1.93 bits per heavy atom. The fourth-order valence-electron chi connectivity index (χ4n) is 1.16. The van der Waals surface area contributed by atoms with Crippen LogP contribution in [0.1, 0.15) is 31.9 Å². The molecule has 1 aromatic rings. The Morgan fingerprint density at radius 3 is 2.33 bits per heavy atom. The number of halogens is 2. The van der Waals surface area contributed by atoms with E-state index in [4.69, 9.17) is 22.7 Å². The van der Waals surface area contributed by atoms with Crippen molar-refractivity contribution in [2.24, 2.45) is 0 Å². The van der Waals surface area contributed by atoms with Crippen LogP contribution in [0.5, 0.6) is 0 Å². The van der Waals surface area contributed by atoms with Gasteiger partial charge in [0.25, 0.3) is 0 Å². The quantitative estimate of drug-likeness (QED) is 0.584. The number of hydrogen-bond donors (Lipinski definition) is 2. The highest BCUT2D eigenvalue weighted by molar-refractivity contribution is 9.10. The molecule has 0 heterocycles. The Bertz CT molecular complexity index is 375. The second-order valence-corrected chi connectivity index (χ2v) is 4.08. The van der Waals surface area contributed by atoms with Gasteiger partial charge in [-0.3, -0.25) is 0 Å². The van der Waals surface area contributed by atoms with Gasteiger partial charge < -0.3 is 11.1 Å². The van der Waals surface area contributed by atoms with E-state index in [1.54, 1.807) is 13.0 Å². The first-order valence-corrected chi connectivity index (χ1v) is 5.91. The van der Waals surface area contributed by atoms with Gasteiger partial charge in [-0.2, -0.15) is 0 Å². The zero-order valence-corrected chi connectivity index (χ0v) is 11.8. The van der Waals surface area contributed by atoms with Crippen LogP contribution in [0.2, 0.25) is 5.02 Å². The first-order valence-electron chi connectivity index (χ1n) is 4.74. The maximum atomic E-state index is 7.52. The summed E-state index contributed by atoms with van der Waals surface area (Å²) in [5.74, 6) is 0. The number of rotatable bonds is 1. The number of nitrogens with one attached hydrogen (secondary N) is 1. The zero-order chi connectivity index (χ0) is 12.2. The zero-order valence-electron chi connectivity index (χ0n) is 9.41. The molecule has 15 heavy (non-hydrogen) atoms. The van der Waals surface area contributed by atoms with E-state index in [9.17, 15) is 0 Å². The maximum absolute atomic E-state index is 7.52. The van der Waals surface area contributed by atoms with E-state index in [2.05, 4.69) is 15.9 Å². The lowest BCUT2D eigenvalue weighted by Gasteiger charge is -2.10. The summed E-state index contributed by atoms with van der Waals surface area (Å²) in [5.41, 5.74) is 8.35. The molecule has 0 spiro atoms. The molecule has 0 atom stereocenters. The Labute approximate surface area is 104 Å². The summed E-state index contributed by atoms with van der Waals surface area (Å²) in [6.45, 7) is 7.56. The van der Waals surface area contributed by atoms with Gasteiger partial charge in [0.15, 0.2) is 0 Å². The fraction of sp³-hybridized carbons (Fsp3) is 0.364. The third-order valence-electron chi connectivity index (χ3n) is 1.79. The molecular formula is C11H16BrClN2. The highest BCUT2D eigenvalue weighted by Crippen LogP contribution is 2.33. The van der Waals surface area contributed by atoms with Crippen molar-refractivity contribution >= 4 is 38.9 Å². The first-order chi connectivity index (χ1) is 6.95. The van der Waals surface area contributed by atoms with Gasteiger partial charge in [-0.25, -0.2) is 0 Å². The van der Waals surface area contributed by atoms with E-state index in [1.807, 2.05) is 20.8 Å². The van der Waals surface area contributed by atoms with Gasteiger partial charge in [0.1, 0.15) is 0 Å². The smallest absolute Gasteiger partial charge is 0.0585 e. The van der Waals surface area contributed by atoms with Crippen LogP contribution >= 0.6 is 27.5 Å². The lowest BCUT2D eigenvalue weighted by Crippen LogP contribution is -2.02. The van der Waals surface area contributed by atoms with Crippen LogP contribution in [0.4, 0.5) is 5.69 Å². The summed E-state index contributed by atoms with van der Waals surface area (Å²) in [4.78, 5) is 0. The number of nitrogen functional groups attached to an aromatic ring is 1. The van der Waals surface area contributed by atoms with Gasteiger partial charge in [0.2, 0.25) is 0 Å². The molecule has 0 saturated carbocycles. The van der Waals surface area contributed by atoms with Crippen LogP contribution in [-0.2, 0) is 0 Å². The Kier molecular flexibility index (Phi) is 5.91. The SMILES string of the molecule is CC.CC(=N)c1c(N)cc(C)c(Cl)c1Br. The second-order valence-electron chi connectivity index (χ2n) is 2.91. The van der Waals surface area contributed by atoms with Crippen LogP contribution in [0.3, 0.4) is 0 Å². The molecule has 0 aliphatic rings. The van der Waals surface area contributed by atoms with Crippen molar-refractivity contribution in [2.75, 3.05) is 5.73 Å². The van der Waals surface area contributed by atoms with Gasteiger partial charge >= 0.3 is 0 Å². The Morgan fingerprint density at radius 1 is 1.47 bits per heavy atom. The van der Waals surface area contributed by atoms with Gasteiger partial charge in [-0.15, -0.1) is 0 Å². The summed E-state index contributed by atoms with van der Waals surface area (Å²) >= 11 is 9.33. The van der Waals surface area contributed by atoms with E-state index in [-0.39, 0.29) is 0 Å². The number of anilines is 1. The third-order valence-corrected chi connectivity index (χ3v) is 3.30. The van der Waals surface area contributed by atoms with E-state index >= 15 is 0 Å². The second kappa shape index (κ2) is 6.13. The molecule has 1 aromatic carbocycles. The monoisotopic (exact) mass is 290 g/mol. The highest BCUT2D eigenvalue weighted by Gasteiger charge is 2.12. The summed E-state index contributed by atoms with van der Waals surface area (Å²) in [5, 5.41) is 8.14. The van der Waals surface area contributed by atoms with Crippen LogP contribution in [0, 0.1) is 12.3 Å². The van der Waals surface area contributed by atoms with Crippen molar-refractivity contribution in [1.29, 1.82) is 5.41 Å². The largest absolute Gasteiger partial charge is 0.398 e. The minimum atomic E-state index is 0.409. The molecule has 2 nitrogen and oxygen atoms in total. The molecule has 0 aliphatic carbocycles. The third kappa shape index (κ3) is 3.21. The molecular weight excluding hydrogens is 275 g/mol. The van der Waals surface area contributed by atoms with E-state index < -0.39 is 0 Å². The Balaban J connectivity index is 0.000000921. The maximum Gasteiger partial charge on any atom is 0.0585 e. The van der Waals surface area contributed by atoms with Crippen molar-refractivity contribution in [2.45, 2.75) is 27.7 Å². The molecule has 0 radical (unpaired) electrons. The van der Waals surface area contributed by atoms with Gasteiger partial charge in [0, 0.05) is 21.4 Å². The highest BCUT2D eigenvalue weighted by atomic mass is 79.9. The standard InChI is InChI=1S/C9H10BrClN2.C2H6/c1-4-3-6(13)7(5(2)12)8(10)9(4)11;1-2/h3,12H,13H2,1-2H3;1-2H3. The molecule has 0 aliphatic heterocycles. The number of benzene rings is 1. The lowest BCUT2D eigenvalue weighted by molar-refractivity contribution is 1.40. The Hall–Kier alpha value is -0.540. The van der Waals surface area contributed by atoms with E-state index in [1.165, 1.54) is 0 Å². The van der Waals surface area contributed by atoms with Crippen molar-refractivity contribution in [1.82, 2.24) is 0 Å². The number of aryl methyl sites for hydroxylation is 1. The lowest BCUT2D eigenvalue weighted by atomic mass is 10.1. The number of nitrogens with two attached hydrogens (primary N) is 1. The molecule has 0 fully saturated rings. The normalized spacial score (nSPS) is 9.20. The van der Waals surface area contributed by atoms with Gasteiger partial charge in [0.05, 0.1) is 5.02 Å². The average molecular weight is 292 g/mol. The van der Waals surface area contributed by atoms with Crippen LogP contribution in [0.15, 0.2) is 10.5 Å². The van der Waals surface area contributed by atoms with Gasteiger partial charge in [-0.05, 0) is 41.4 Å². The predicted molar refractivity (Wildman–Crippen MR) is 72.2 cm³/mol. The summed E-state index contributed by atoms with van der Waals surface area (Å²) in [6.07, 6.45) is 0. The van der Waals surface area contributed by atoms with Crippen LogP contribution in [0.25, 0.3) is 0 Å². The molecule has 0 amide bonds. The van der Waals surface area contributed by atoms with Gasteiger partial charge in [-0.1, -0.05) is 25.4 Å². The fourth-order valence-corrected chi connectivity index (χ4v) is 2.15. The minimum Gasteiger partial charge on any atom is -0.398 e. The van der Waals surface area contributed by atoms with Crippen LogP contribution < -0.4 is 5.73 Å².